The van der Waals surface area contributed by atoms with Crippen LogP contribution in [-0.2, 0) is 28.6 Å². The lowest BCUT2D eigenvalue weighted by molar-refractivity contribution is -0.167. The topological polar surface area (TPSA) is 78.9 Å². The summed E-state index contributed by atoms with van der Waals surface area (Å²) < 4.78 is 16.9. The Kier molecular flexibility index (Phi) is 57.8. The SMILES string of the molecule is CC/C=C\C/C=C\C/C=C\C/C=C\C/C=C\CCCCCC(=O)OCC(COC(=O)CCCCCCCCCCCCCCCCCC)OC(=O)CCCCCCCCC/C=C\CCCCCCCCCC. The van der Waals surface area contributed by atoms with E-state index in [0.717, 1.165) is 96.3 Å². The maximum absolute atomic E-state index is 12.9. The minimum absolute atomic E-state index is 0.0850. The molecule has 0 fully saturated rings. The first-order valence-corrected chi connectivity index (χ1v) is 30.9. The lowest BCUT2D eigenvalue weighted by atomic mass is 10.0. The van der Waals surface area contributed by atoms with Crippen LogP contribution in [0.1, 0.15) is 310 Å². The fraction of sp³-hybridized carbons (Fsp3) is 0.773. The summed E-state index contributed by atoms with van der Waals surface area (Å²) in [5, 5.41) is 0. The number of allylic oxidation sites excluding steroid dienone is 12. The van der Waals surface area contributed by atoms with Crippen LogP contribution in [0.4, 0.5) is 0 Å². The van der Waals surface area contributed by atoms with Crippen LogP contribution in [0, 0.1) is 0 Å². The predicted octanol–water partition coefficient (Wildman–Crippen LogP) is 20.9. The Morgan fingerprint density at radius 1 is 0.292 bits per heavy atom. The number of esters is 3. The lowest BCUT2D eigenvalue weighted by Gasteiger charge is -2.18. The van der Waals surface area contributed by atoms with Crippen molar-refractivity contribution in [3.63, 3.8) is 0 Å². The zero-order chi connectivity index (χ0) is 52.2. The molecule has 416 valence electrons. The zero-order valence-electron chi connectivity index (χ0n) is 47.7. The van der Waals surface area contributed by atoms with Gasteiger partial charge in [0.1, 0.15) is 13.2 Å². The number of ether oxygens (including phenoxy) is 3. The second kappa shape index (κ2) is 60.4. The van der Waals surface area contributed by atoms with Gasteiger partial charge >= 0.3 is 17.9 Å². The largest absolute Gasteiger partial charge is 0.462 e. The van der Waals surface area contributed by atoms with Crippen molar-refractivity contribution in [3.8, 4) is 0 Å². The Bertz CT molecular complexity index is 1340. The summed E-state index contributed by atoms with van der Waals surface area (Å²) in [5.41, 5.74) is 0. The zero-order valence-corrected chi connectivity index (χ0v) is 47.7. The molecule has 0 spiro atoms. The number of unbranched alkanes of at least 4 members (excludes halogenated alkanes) is 33. The highest BCUT2D eigenvalue weighted by Crippen LogP contribution is 2.16. The number of rotatable bonds is 56. The standard InChI is InChI=1S/C66H116O6/c1-4-7-10-13-16-19-22-25-28-31-33-35-38-41-44-47-50-53-56-59-65(68)71-62-63(61-70-64(67)58-55-52-49-46-43-40-37-30-27-24-21-18-15-12-9-6-3)72-66(69)60-57-54-51-48-45-42-39-36-34-32-29-26-23-20-17-14-11-8-5-2/h7,10,16,19,25,28,32-35,41,44,63H,4-6,8-9,11-15,17-18,20-24,26-27,29-31,36-40,42-43,45-62H2,1-3H3/b10-7-,19-16-,28-25-,34-32-,35-33-,44-41-. The first kappa shape index (κ1) is 68.8. The molecule has 72 heavy (non-hydrogen) atoms. The van der Waals surface area contributed by atoms with Crippen molar-refractivity contribution in [1.29, 1.82) is 0 Å². The molecule has 0 saturated carbocycles. The van der Waals surface area contributed by atoms with Gasteiger partial charge < -0.3 is 14.2 Å². The Morgan fingerprint density at radius 2 is 0.542 bits per heavy atom. The van der Waals surface area contributed by atoms with Gasteiger partial charge in [-0.25, -0.2) is 0 Å². The highest BCUT2D eigenvalue weighted by atomic mass is 16.6. The maximum Gasteiger partial charge on any atom is 0.306 e. The van der Waals surface area contributed by atoms with Gasteiger partial charge in [-0.2, -0.15) is 0 Å². The van der Waals surface area contributed by atoms with Crippen molar-refractivity contribution in [2.45, 2.75) is 316 Å². The van der Waals surface area contributed by atoms with Crippen molar-refractivity contribution in [1.82, 2.24) is 0 Å². The van der Waals surface area contributed by atoms with Gasteiger partial charge in [0.15, 0.2) is 6.10 Å². The molecule has 0 heterocycles. The molecule has 0 rings (SSSR count). The van der Waals surface area contributed by atoms with Gasteiger partial charge in [-0.3, -0.25) is 14.4 Å². The monoisotopic (exact) mass is 1000 g/mol. The van der Waals surface area contributed by atoms with E-state index in [1.807, 2.05) is 0 Å². The van der Waals surface area contributed by atoms with Gasteiger partial charge in [0, 0.05) is 19.3 Å². The molecule has 0 saturated heterocycles. The van der Waals surface area contributed by atoms with Crippen molar-refractivity contribution in [2.75, 3.05) is 13.2 Å². The van der Waals surface area contributed by atoms with E-state index in [1.165, 1.54) is 173 Å². The summed E-state index contributed by atoms with van der Waals surface area (Å²) in [7, 11) is 0. The molecule has 0 aliphatic heterocycles. The molecule has 0 aromatic heterocycles. The van der Waals surface area contributed by atoms with Crippen LogP contribution in [0.2, 0.25) is 0 Å². The fourth-order valence-corrected chi connectivity index (χ4v) is 8.82. The highest BCUT2D eigenvalue weighted by Gasteiger charge is 2.19. The second-order valence-corrected chi connectivity index (χ2v) is 20.6. The van der Waals surface area contributed by atoms with E-state index >= 15 is 0 Å². The molecule has 1 atom stereocenters. The summed E-state index contributed by atoms with van der Waals surface area (Å²) >= 11 is 0. The fourth-order valence-electron chi connectivity index (χ4n) is 8.82. The third kappa shape index (κ3) is 57.7. The average molecular weight is 1010 g/mol. The molecule has 0 bridgehead atoms. The minimum atomic E-state index is -0.791. The van der Waals surface area contributed by atoms with Crippen molar-refractivity contribution >= 4 is 17.9 Å². The van der Waals surface area contributed by atoms with E-state index in [4.69, 9.17) is 14.2 Å². The van der Waals surface area contributed by atoms with Crippen LogP contribution in [0.3, 0.4) is 0 Å². The van der Waals surface area contributed by atoms with Crippen molar-refractivity contribution in [2.24, 2.45) is 0 Å². The van der Waals surface area contributed by atoms with Crippen LogP contribution < -0.4 is 0 Å². The smallest absolute Gasteiger partial charge is 0.306 e. The average Bonchev–Trinajstić information content (AvgIpc) is 3.38. The number of carbonyl (C=O) groups excluding carboxylic acids is 3. The van der Waals surface area contributed by atoms with Gasteiger partial charge in [-0.15, -0.1) is 0 Å². The minimum Gasteiger partial charge on any atom is -0.462 e. The predicted molar refractivity (Wildman–Crippen MR) is 311 cm³/mol. The molecule has 0 radical (unpaired) electrons. The molecule has 6 nitrogen and oxygen atoms in total. The van der Waals surface area contributed by atoms with Gasteiger partial charge in [0.25, 0.3) is 0 Å². The van der Waals surface area contributed by atoms with Crippen molar-refractivity contribution < 1.29 is 28.6 Å². The molecular weight excluding hydrogens is 889 g/mol. The maximum atomic E-state index is 12.9. The molecule has 0 aliphatic rings. The first-order chi connectivity index (χ1) is 35.5. The van der Waals surface area contributed by atoms with Crippen LogP contribution in [-0.4, -0.2) is 37.2 Å². The second-order valence-electron chi connectivity index (χ2n) is 20.6. The molecule has 1 unspecified atom stereocenters. The Morgan fingerprint density at radius 3 is 0.875 bits per heavy atom. The number of hydrogen-bond acceptors (Lipinski definition) is 6. The summed E-state index contributed by atoms with van der Waals surface area (Å²) in [6.07, 6.45) is 77.5. The molecular formula is C66H116O6. The van der Waals surface area contributed by atoms with Gasteiger partial charge in [-0.05, 0) is 89.9 Å². The van der Waals surface area contributed by atoms with Crippen LogP contribution in [0.15, 0.2) is 72.9 Å². The normalized spacial score (nSPS) is 12.5. The van der Waals surface area contributed by atoms with Crippen LogP contribution >= 0.6 is 0 Å². The molecule has 0 aromatic rings. The lowest BCUT2D eigenvalue weighted by Crippen LogP contribution is -2.30. The van der Waals surface area contributed by atoms with Crippen LogP contribution in [0.25, 0.3) is 0 Å². The van der Waals surface area contributed by atoms with E-state index in [1.54, 1.807) is 0 Å². The van der Waals surface area contributed by atoms with E-state index < -0.39 is 6.10 Å². The van der Waals surface area contributed by atoms with Crippen LogP contribution in [0.5, 0.6) is 0 Å². The molecule has 0 N–H and O–H groups in total. The van der Waals surface area contributed by atoms with Gasteiger partial charge in [-0.1, -0.05) is 273 Å². The summed E-state index contributed by atoms with van der Waals surface area (Å²) in [6.45, 7) is 6.53. The molecule has 0 aromatic carbocycles. The Hall–Kier alpha value is -3.15. The van der Waals surface area contributed by atoms with E-state index in [-0.39, 0.29) is 31.1 Å². The molecule has 0 amide bonds. The molecule has 6 heteroatoms. The Labute approximate surface area is 446 Å². The first-order valence-electron chi connectivity index (χ1n) is 30.9. The number of hydrogen-bond donors (Lipinski definition) is 0. The van der Waals surface area contributed by atoms with E-state index in [0.29, 0.717) is 19.3 Å². The highest BCUT2D eigenvalue weighted by molar-refractivity contribution is 5.71. The van der Waals surface area contributed by atoms with E-state index in [2.05, 4.69) is 93.7 Å². The van der Waals surface area contributed by atoms with Gasteiger partial charge in [0.2, 0.25) is 0 Å². The summed E-state index contributed by atoms with van der Waals surface area (Å²) in [6, 6.07) is 0. The summed E-state index contributed by atoms with van der Waals surface area (Å²) in [5.74, 6) is -0.908. The quantitative estimate of drug-likeness (QED) is 0.0261. The Balaban J connectivity index is 4.42. The van der Waals surface area contributed by atoms with E-state index in [9.17, 15) is 14.4 Å². The third-order valence-electron chi connectivity index (χ3n) is 13.4. The summed E-state index contributed by atoms with van der Waals surface area (Å²) in [4.78, 5) is 38.3. The molecule has 0 aliphatic carbocycles. The van der Waals surface area contributed by atoms with Crippen molar-refractivity contribution in [3.05, 3.63) is 72.9 Å². The van der Waals surface area contributed by atoms with Gasteiger partial charge in [0.05, 0.1) is 0 Å². The number of carbonyl (C=O) groups is 3. The third-order valence-corrected chi connectivity index (χ3v) is 13.4.